The lowest BCUT2D eigenvalue weighted by molar-refractivity contribution is -0.354. The first-order chi connectivity index (χ1) is 19.9. The third-order valence-corrected chi connectivity index (χ3v) is 7.23. The van der Waals surface area contributed by atoms with Gasteiger partial charge < -0.3 is 69.3 Å². The Morgan fingerprint density at radius 2 is 1.52 bits per heavy atom. The number of aromatic hydroxyl groups is 3. The first-order valence-corrected chi connectivity index (χ1v) is 12.9. The fourth-order valence-electron chi connectivity index (χ4n) is 4.85. The molecule has 1 aromatic heterocycles. The molecule has 2 aliphatic rings. The minimum atomic E-state index is -1.79. The van der Waals surface area contributed by atoms with E-state index in [0.29, 0.717) is 0 Å². The second-order valence-corrected chi connectivity index (χ2v) is 10.1. The molecule has 10 atom stereocenters. The highest BCUT2D eigenvalue weighted by Gasteiger charge is 2.51. The Bertz CT molecular complexity index is 1470. The summed E-state index contributed by atoms with van der Waals surface area (Å²) in [7, 11) is 0. The van der Waals surface area contributed by atoms with Gasteiger partial charge in [0.25, 0.3) is 0 Å². The molecule has 2 aliphatic heterocycles. The van der Waals surface area contributed by atoms with Crippen LogP contribution in [-0.2, 0) is 14.2 Å². The van der Waals surface area contributed by atoms with Gasteiger partial charge in [-0.3, -0.25) is 4.79 Å². The van der Waals surface area contributed by atoms with Crippen LogP contribution in [-0.4, -0.2) is 114 Å². The molecule has 2 fully saturated rings. The number of benzene rings is 2. The number of phenols is 2. The zero-order chi connectivity index (χ0) is 30.5. The number of ether oxygens (including phenoxy) is 4. The van der Waals surface area contributed by atoms with E-state index in [2.05, 4.69) is 0 Å². The Balaban J connectivity index is 1.50. The van der Waals surface area contributed by atoms with Crippen LogP contribution in [0.1, 0.15) is 6.92 Å². The fraction of sp³-hybridized carbons (Fsp3) is 0.444. The van der Waals surface area contributed by atoms with E-state index in [4.69, 9.17) is 23.4 Å². The van der Waals surface area contributed by atoms with Crippen LogP contribution in [0.2, 0.25) is 0 Å². The standard InChI is InChI=1S/C27H30O15/c1-9-17(31)20(34)23(37)26(38-9)42-25-21(35)18(32)15(8-28)41-27(25)39-12-6-13(30)16-14(7-12)40-24(22(36)19(16)33)10-2-4-11(29)5-3-10/h2-7,9,15,17-18,20-21,23,25-32,34-37H,8H2,1H3/t9-,15-,17-,18+,20-,21+,23+,25+,26-,27+/m0/s1. The quantitative estimate of drug-likeness (QED) is 0.159. The summed E-state index contributed by atoms with van der Waals surface area (Å²) in [6, 6.07) is 7.54. The smallest absolute Gasteiger partial charge is 0.238 e. The minimum Gasteiger partial charge on any atom is -0.508 e. The summed E-state index contributed by atoms with van der Waals surface area (Å²) in [5, 5.41) is 91.7. The molecule has 2 aromatic carbocycles. The van der Waals surface area contributed by atoms with Crippen molar-refractivity contribution in [3.63, 3.8) is 0 Å². The van der Waals surface area contributed by atoms with Crippen LogP contribution in [0.5, 0.6) is 23.0 Å². The number of aliphatic hydroxyl groups excluding tert-OH is 6. The molecule has 5 rings (SSSR count). The van der Waals surface area contributed by atoms with Crippen molar-refractivity contribution in [2.45, 2.75) is 68.3 Å². The molecule has 228 valence electrons. The molecule has 42 heavy (non-hydrogen) atoms. The van der Waals surface area contributed by atoms with Crippen molar-refractivity contribution in [3.05, 3.63) is 46.6 Å². The van der Waals surface area contributed by atoms with Gasteiger partial charge in [0.05, 0.1) is 12.7 Å². The van der Waals surface area contributed by atoms with Crippen molar-refractivity contribution in [1.29, 1.82) is 0 Å². The van der Waals surface area contributed by atoms with E-state index >= 15 is 0 Å². The van der Waals surface area contributed by atoms with Crippen LogP contribution in [0.3, 0.4) is 0 Å². The van der Waals surface area contributed by atoms with Crippen molar-refractivity contribution in [2.75, 3.05) is 6.61 Å². The van der Waals surface area contributed by atoms with E-state index in [1.807, 2.05) is 0 Å². The first kappa shape index (κ1) is 30.0. The lowest BCUT2D eigenvalue weighted by atomic mass is 9.97. The fourth-order valence-corrected chi connectivity index (χ4v) is 4.85. The van der Waals surface area contributed by atoms with Gasteiger partial charge in [-0.25, -0.2) is 0 Å². The molecule has 3 heterocycles. The maximum absolute atomic E-state index is 12.9. The predicted molar refractivity (Wildman–Crippen MR) is 139 cm³/mol. The molecular weight excluding hydrogens is 564 g/mol. The first-order valence-electron chi connectivity index (χ1n) is 12.9. The van der Waals surface area contributed by atoms with Gasteiger partial charge in [-0.15, -0.1) is 0 Å². The molecule has 0 saturated carbocycles. The van der Waals surface area contributed by atoms with Crippen LogP contribution in [0.15, 0.2) is 45.6 Å². The SMILES string of the molecule is C[C@@H]1O[C@@H](O[C@H]2[C@H](Oc3cc(O)c4c(=O)c(O)c(-c5ccc(O)cc5)oc4c3)O[C@@H](CO)[C@@H](O)[C@H]2O)[C@H](O)[C@@H](O)[C@H]1O. The summed E-state index contributed by atoms with van der Waals surface area (Å²) in [6.45, 7) is 0.660. The topological polar surface area (TPSA) is 249 Å². The maximum Gasteiger partial charge on any atom is 0.238 e. The highest BCUT2D eigenvalue weighted by atomic mass is 16.8. The Morgan fingerprint density at radius 1 is 0.833 bits per heavy atom. The molecule has 9 N–H and O–H groups in total. The van der Waals surface area contributed by atoms with Crippen molar-refractivity contribution in [3.8, 4) is 34.3 Å². The molecule has 15 heteroatoms. The molecule has 0 bridgehead atoms. The average molecular weight is 595 g/mol. The molecule has 0 spiro atoms. The van der Waals surface area contributed by atoms with Crippen molar-refractivity contribution < 1.29 is 69.3 Å². The number of phenolic OH excluding ortho intramolecular Hbond substituents is 2. The Kier molecular flexibility index (Phi) is 8.30. The van der Waals surface area contributed by atoms with Crippen LogP contribution in [0.25, 0.3) is 22.3 Å². The lowest BCUT2D eigenvalue weighted by Gasteiger charge is -2.45. The highest BCUT2D eigenvalue weighted by Crippen LogP contribution is 2.37. The van der Waals surface area contributed by atoms with Gasteiger partial charge in [0.15, 0.2) is 18.2 Å². The second kappa shape index (κ2) is 11.6. The number of hydrogen-bond acceptors (Lipinski definition) is 15. The minimum absolute atomic E-state index is 0.0706. The summed E-state index contributed by atoms with van der Waals surface area (Å²) >= 11 is 0. The van der Waals surface area contributed by atoms with E-state index < -0.39 is 84.9 Å². The van der Waals surface area contributed by atoms with Crippen molar-refractivity contribution in [1.82, 2.24) is 0 Å². The lowest BCUT2D eigenvalue weighted by Crippen LogP contribution is -2.64. The van der Waals surface area contributed by atoms with Crippen molar-refractivity contribution in [2.24, 2.45) is 0 Å². The molecular formula is C27H30O15. The van der Waals surface area contributed by atoms with Gasteiger partial charge in [-0.05, 0) is 31.2 Å². The molecule has 0 aliphatic carbocycles. The number of fused-ring (bicyclic) bond motifs is 1. The van der Waals surface area contributed by atoms with Crippen LogP contribution >= 0.6 is 0 Å². The summed E-state index contributed by atoms with van der Waals surface area (Å²) < 4.78 is 28.2. The second-order valence-electron chi connectivity index (χ2n) is 10.1. The van der Waals surface area contributed by atoms with E-state index in [0.717, 1.165) is 6.07 Å². The summed E-state index contributed by atoms with van der Waals surface area (Å²) in [4.78, 5) is 12.9. The summed E-state index contributed by atoms with van der Waals surface area (Å²) in [5.41, 5.74) is -0.967. The van der Waals surface area contributed by atoms with Gasteiger partial charge >= 0.3 is 0 Å². The normalized spacial score (nSPS) is 33.5. The van der Waals surface area contributed by atoms with E-state index in [9.17, 15) is 50.8 Å². The van der Waals surface area contributed by atoms with Gasteiger partial charge in [-0.2, -0.15) is 0 Å². The Morgan fingerprint density at radius 3 is 2.19 bits per heavy atom. The van der Waals surface area contributed by atoms with Crippen molar-refractivity contribution >= 4 is 11.0 Å². The van der Waals surface area contributed by atoms with Gasteiger partial charge in [0.1, 0.15) is 64.8 Å². The average Bonchev–Trinajstić information content (AvgIpc) is 2.96. The van der Waals surface area contributed by atoms with Gasteiger partial charge in [0, 0.05) is 17.7 Å². The molecule has 0 unspecified atom stereocenters. The van der Waals surface area contributed by atoms with E-state index in [-0.39, 0.29) is 33.8 Å². The Hall–Kier alpha value is -3.51. The third kappa shape index (κ3) is 5.37. The zero-order valence-electron chi connectivity index (χ0n) is 21.9. The number of aliphatic hydroxyl groups is 6. The van der Waals surface area contributed by atoms with Crippen LogP contribution in [0.4, 0.5) is 0 Å². The van der Waals surface area contributed by atoms with Crippen LogP contribution < -0.4 is 10.2 Å². The monoisotopic (exact) mass is 594 g/mol. The predicted octanol–water partition coefficient (Wildman–Crippen LogP) is -1.39. The van der Waals surface area contributed by atoms with E-state index in [1.165, 1.54) is 37.3 Å². The number of hydrogen-bond donors (Lipinski definition) is 9. The third-order valence-electron chi connectivity index (χ3n) is 7.23. The molecule has 15 nitrogen and oxygen atoms in total. The number of rotatable bonds is 6. The molecule has 0 amide bonds. The largest absolute Gasteiger partial charge is 0.508 e. The molecule has 3 aromatic rings. The van der Waals surface area contributed by atoms with E-state index in [1.54, 1.807) is 0 Å². The van der Waals surface area contributed by atoms with Gasteiger partial charge in [-0.1, -0.05) is 0 Å². The molecule has 0 radical (unpaired) electrons. The Labute approximate surface area is 236 Å². The zero-order valence-corrected chi connectivity index (χ0v) is 21.9. The van der Waals surface area contributed by atoms with Crippen LogP contribution in [0, 0.1) is 0 Å². The highest BCUT2D eigenvalue weighted by molar-refractivity contribution is 5.88. The summed E-state index contributed by atoms with van der Waals surface area (Å²) in [6.07, 6.45) is -15.6. The molecule has 2 saturated heterocycles. The maximum atomic E-state index is 12.9. The van der Waals surface area contributed by atoms with Gasteiger partial charge in [0.2, 0.25) is 17.5 Å². The summed E-state index contributed by atoms with van der Waals surface area (Å²) in [5.74, 6) is -2.00.